The maximum Gasteiger partial charge on any atom is 0.128 e. The molecule has 0 N–H and O–H groups in total. The Labute approximate surface area is 130 Å². The standard InChI is InChI=1S/C16H22ClN3O/c1-12(11-19-7-9-21-10-8-19)20-15-6-4-3-5-14(15)18-16(20)13(2)17/h3-6,12-13H,7-11H2,1-2H3. The van der Waals surface area contributed by atoms with Crippen molar-refractivity contribution >= 4 is 22.6 Å². The molecule has 4 nitrogen and oxygen atoms in total. The number of alkyl halides is 1. The molecule has 0 spiro atoms. The molecular weight excluding hydrogens is 286 g/mol. The lowest BCUT2D eigenvalue weighted by Gasteiger charge is -2.30. The number of rotatable bonds is 4. The van der Waals surface area contributed by atoms with Gasteiger partial charge in [-0.3, -0.25) is 4.90 Å². The Balaban J connectivity index is 1.91. The van der Waals surface area contributed by atoms with E-state index in [-0.39, 0.29) is 5.38 Å². The molecule has 1 fully saturated rings. The van der Waals surface area contributed by atoms with E-state index in [2.05, 4.69) is 34.6 Å². The number of halogens is 1. The zero-order chi connectivity index (χ0) is 14.8. The predicted molar refractivity (Wildman–Crippen MR) is 86.0 cm³/mol. The van der Waals surface area contributed by atoms with Gasteiger partial charge in [0, 0.05) is 25.7 Å². The van der Waals surface area contributed by atoms with Crippen LogP contribution in [-0.4, -0.2) is 47.3 Å². The normalized spacial score (nSPS) is 19.8. The molecule has 1 aromatic heterocycles. The van der Waals surface area contributed by atoms with E-state index in [9.17, 15) is 0 Å². The molecule has 1 aromatic carbocycles. The highest BCUT2D eigenvalue weighted by atomic mass is 35.5. The van der Waals surface area contributed by atoms with Crippen LogP contribution in [0.1, 0.15) is 31.1 Å². The molecule has 0 radical (unpaired) electrons. The van der Waals surface area contributed by atoms with Crippen LogP contribution >= 0.6 is 11.6 Å². The Hall–Kier alpha value is -1.10. The van der Waals surface area contributed by atoms with Crippen molar-refractivity contribution in [2.45, 2.75) is 25.3 Å². The Morgan fingerprint density at radius 3 is 2.67 bits per heavy atom. The van der Waals surface area contributed by atoms with E-state index in [1.54, 1.807) is 0 Å². The minimum absolute atomic E-state index is 0.0930. The summed E-state index contributed by atoms with van der Waals surface area (Å²) in [6.45, 7) is 8.89. The number of hydrogen-bond acceptors (Lipinski definition) is 3. The molecule has 2 unspecified atom stereocenters. The topological polar surface area (TPSA) is 30.3 Å². The van der Waals surface area contributed by atoms with Crippen molar-refractivity contribution in [1.82, 2.24) is 14.5 Å². The first-order chi connectivity index (χ1) is 10.2. The fraction of sp³-hybridized carbons (Fsp3) is 0.562. The third-order valence-electron chi connectivity index (χ3n) is 4.05. The van der Waals surface area contributed by atoms with Crippen LogP contribution in [0.15, 0.2) is 24.3 Å². The van der Waals surface area contributed by atoms with Crippen LogP contribution in [0.2, 0.25) is 0 Å². The van der Waals surface area contributed by atoms with Crippen LogP contribution in [0.4, 0.5) is 0 Å². The first-order valence-corrected chi connectivity index (χ1v) is 8.01. The monoisotopic (exact) mass is 307 g/mol. The first kappa shape index (κ1) is 14.8. The van der Waals surface area contributed by atoms with Gasteiger partial charge in [-0.05, 0) is 26.0 Å². The summed E-state index contributed by atoms with van der Waals surface area (Å²) in [5, 5.41) is -0.0930. The molecule has 0 bridgehead atoms. The minimum atomic E-state index is -0.0930. The highest BCUT2D eigenvalue weighted by molar-refractivity contribution is 6.20. The van der Waals surface area contributed by atoms with Crippen molar-refractivity contribution in [3.63, 3.8) is 0 Å². The van der Waals surface area contributed by atoms with Crippen LogP contribution in [0.5, 0.6) is 0 Å². The number of para-hydroxylation sites is 2. The van der Waals surface area contributed by atoms with Gasteiger partial charge in [0.05, 0.1) is 29.6 Å². The van der Waals surface area contributed by atoms with E-state index in [4.69, 9.17) is 21.3 Å². The Kier molecular flexibility index (Phi) is 4.48. The van der Waals surface area contributed by atoms with E-state index in [1.165, 1.54) is 5.52 Å². The molecule has 1 aliphatic heterocycles. The van der Waals surface area contributed by atoms with E-state index in [1.807, 2.05) is 13.0 Å². The van der Waals surface area contributed by atoms with E-state index in [0.29, 0.717) is 6.04 Å². The summed E-state index contributed by atoms with van der Waals surface area (Å²) in [4.78, 5) is 7.16. The fourth-order valence-corrected chi connectivity index (χ4v) is 3.20. The van der Waals surface area contributed by atoms with Crippen molar-refractivity contribution in [3.05, 3.63) is 30.1 Å². The largest absolute Gasteiger partial charge is 0.379 e. The quantitative estimate of drug-likeness (QED) is 0.812. The number of imidazole rings is 1. The number of morpholine rings is 1. The summed E-state index contributed by atoms with van der Waals surface area (Å²) in [5.41, 5.74) is 2.19. The highest BCUT2D eigenvalue weighted by Crippen LogP contribution is 2.28. The summed E-state index contributed by atoms with van der Waals surface area (Å²) in [6.07, 6.45) is 0. The molecule has 21 heavy (non-hydrogen) atoms. The van der Waals surface area contributed by atoms with Crippen molar-refractivity contribution in [1.29, 1.82) is 0 Å². The van der Waals surface area contributed by atoms with Crippen LogP contribution in [0.3, 0.4) is 0 Å². The Morgan fingerprint density at radius 1 is 1.24 bits per heavy atom. The number of aromatic nitrogens is 2. The maximum absolute atomic E-state index is 6.35. The predicted octanol–water partition coefficient (Wildman–Crippen LogP) is 3.23. The third kappa shape index (κ3) is 3.07. The summed E-state index contributed by atoms with van der Waals surface area (Å²) in [6, 6.07) is 8.60. The van der Waals surface area contributed by atoms with Gasteiger partial charge in [-0.1, -0.05) is 12.1 Å². The van der Waals surface area contributed by atoms with Gasteiger partial charge >= 0.3 is 0 Å². The second-order valence-corrected chi connectivity index (χ2v) is 6.36. The molecule has 2 heterocycles. The smallest absolute Gasteiger partial charge is 0.128 e. The lowest BCUT2D eigenvalue weighted by Crippen LogP contribution is -2.39. The summed E-state index contributed by atoms with van der Waals surface area (Å²) >= 11 is 6.35. The van der Waals surface area contributed by atoms with Crippen LogP contribution < -0.4 is 0 Å². The fourth-order valence-electron chi connectivity index (χ4n) is 3.05. The number of benzene rings is 1. The lowest BCUT2D eigenvalue weighted by molar-refractivity contribution is 0.0326. The zero-order valence-electron chi connectivity index (χ0n) is 12.6. The Bertz CT molecular complexity index is 605. The minimum Gasteiger partial charge on any atom is -0.379 e. The molecule has 2 aromatic rings. The first-order valence-electron chi connectivity index (χ1n) is 7.58. The summed E-state index contributed by atoms with van der Waals surface area (Å²) < 4.78 is 7.72. The average Bonchev–Trinajstić information content (AvgIpc) is 2.88. The van der Waals surface area contributed by atoms with Gasteiger partial charge in [-0.2, -0.15) is 0 Å². The van der Waals surface area contributed by atoms with E-state index >= 15 is 0 Å². The third-order valence-corrected chi connectivity index (χ3v) is 4.24. The summed E-state index contributed by atoms with van der Waals surface area (Å²) in [7, 11) is 0. The van der Waals surface area contributed by atoms with Crippen LogP contribution in [0.25, 0.3) is 11.0 Å². The number of hydrogen-bond donors (Lipinski definition) is 0. The van der Waals surface area contributed by atoms with Gasteiger partial charge in [0.2, 0.25) is 0 Å². The summed E-state index contributed by atoms with van der Waals surface area (Å²) in [5.74, 6) is 0.957. The molecule has 114 valence electrons. The number of nitrogens with zero attached hydrogens (tertiary/aromatic N) is 3. The highest BCUT2D eigenvalue weighted by Gasteiger charge is 2.21. The van der Waals surface area contributed by atoms with Crippen molar-refractivity contribution < 1.29 is 4.74 Å². The van der Waals surface area contributed by atoms with Crippen molar-refractivity contribution in [3.8, 4) is 0 Å². The van der Waals surface area contributed by atoms with Gasteiger partial charge in [-0.15, -0.1) is 11.6 Å². The molecule has 0 saturated carbocycles. The van der Waals surface area contributed by atoms with Crippen molar-refractivity contribution in [2.24, 2.45) is 0 Å². The van der Waals surface area contributed by atoms with Crippen LogP contribution in [0, 0.1) is 0 Å². The SMILES string of the molecule is CC(Cl)c1nc2ccccc2n1C(C)CN1CCOCC1. The van der Waals surface area contributed by atoms with Gasteiger partial charge in [0.1, 0.15) is 5.82 Å². The lowest BCUT2D eigenvalue weighted by atomic mass is 10.2. The number of fused-ring (bicyclic) bond motifs is 1. The van der Waals surface area contributed by atoms with Crippen molar-refractivity contribution in [2.75, 3.05) is 32.8 Å². The van der Waals surface area contributed by atoms with Gasteiger partial charge in [0.15, 0.2) is 0 Å². The molecule has 2 atom stereocenters. The van der Waals surface area contributed by atoms with Gasteiger partial charge in [-0.25, -0.2) is 4.98 Å². The average molecular weight is 308 g/mol. The van der Waals surface area contributed by atoms with Gasteiger partial charge in [0.25, 0.3) is 0 Å². The molecule has 1 aliphatic rings. The molecule has 0 aliphatic carbocycles. The second kappa shape index (κ2) is 6.34. The molecular formula is C16H22ClN3O. The Morgan fingerprint density at radius 2 is 1.95 bits per heavy atom. The maximum atomic E-state index is 6.35. The number of ether oxygens (including phenoxy) is 1. The molecule has 1 saturated heterocycles. The van der Waals surface area contributed by atoms with E-state index < -0.39 is 0 Å². The second-order valence-electron chi connectivity index (χ2n) is 5.71. The van der Waals surface area contributed by atoms with Gasteiger partial charge < -0.3 is 9.30 Å². The zero-order valence-corrected chi connectivity index (χ0v) is 13.4. The van der Waals surface area contributed by atoms with E-state index in [0.717, 1.165) is 44.2 Å². The molecule has 3 rings (SSSR count). The molecule has 5 heteroatoms. The van der Waals surface area contributed by atoms with Crippen LogP contribution in [-0.2, 0) is 4.74 Å². The molecule has 0 amide bonds.